The summed E-state index contributed by atoms with van der Waals surface area (Å²) in [7, 11) is 0. The molecule has 0 spiro atoms. The van der Waals surface area contributed by atoms with E-state index in [1.54, 1.807) is 0 Å². The first kappa shape index (κ1) is 15.3. The second-order valence-corrected chi connectivity index (χ2v) is 6.63. The van der Waals surface area contributed by atoms with Crippen LogP contribution < -0.4 is 4.74 Å². The molecule has 0 radical (unpaired) electrons. The number of nitrogens with zero attached hydrogens (tertiary/aromatic N) is 3. The Balaban J connectivity index is 1.29. The smallest absolute Gasteiger partial charge is 0.129 e. The number of hydrogen-bond donors (Lipinski definition) is 1. The van der Waals surface area contributed by atoms with E-state index in [0.29, 0.717) is 6.10 Å². The van der Waals surface area contributed by atoms with Crippen molar-refractivity contribution in [2.24, 2.45) is 0 Å². The minimum absolute atomic E-state index is 0.314. The van der Waals surface area contributed by atoms with Gasteiger partial charge in [0, 0.05) is 42.9 Å². The van der Waals surface area contributed by atoms with Crippen LogP contribution in [0.4, 0.5) is 0 Å². The molecule has 0 bridgehead atoms. The van der Waals surface area contributed by atoms with Gasteiger partial charge in [-0.25, -0.2) is 0 Å². The van der Waals surface area contributed by atoms with Crippen molar-refractivity contribution in [1.82, 2.24) is 19.7 Å². The Morgan fingerprint density at radius 3 is 2.88 bits per heavy atom. The van der Waals surface area contributed by atoms with Crippen molar-refractivity contribution < 1.29 is 4.74 Å². The number of hydrogen-bond acceptors (Lipinski definition) is 3. The number of fused-ring (bicyclic) bond motifs is 1. The maximum absolute atomic E-state index is 6.28. The van der Waals surface area contributed by atoms with Crippen LogP contribution in [0.5, 0.6) is 5.75 Å². The van der Waals surface area contributed by atoms with Crippen LogP contribution in [0.15, 0.2) is 42.9 Å². The van der Waals surface area contributed by atoms with Crippen LogP contribution >= 0.6 is 0 Å². The van der Waals surface area contributed by atoms with Gasteiger partial charge in [0.15, 0.2) is 0 Å². The summed E-state index contributed by atoms with van der Waals surface area (Å²) in [6.07, 6.45) is 8.47. The summed E-state index contributed by atoms with van der Waals surface area (Å²) in [5.41, 5.74) is 2.36. The summed E-state index contributed by atoms with van der Waals surface area (Å²) >= 11 is 0. The second-order valence-electron chi connectivity index (χ2n) is 6.63. The standard InChI is InChI=1S/C19H24N4O/c1-15-13-21-23(14-15)12-11-22-9-6-16(7-10-22)24-19-4-2-3-18-17(19)5-8-20-18/h2-5,8,13-14,16,20H,6-7,9-12H2,1H3. The van der Waals surface area contributed by atoms with Gasteiger partial charge in [0.25, 0.3) is 0 Å². The number of rotatable bonds is 5. The van der Waals surface area contributed by atoms with Gasteiger partial charge in [-0.05, 0) is 43.5 Å². The van der Waals surface area contributed by atoms with Gasteiger partial charge < -0.3 is 14.6 Å². The van der Waals surface area contributed by atoms with Gasteiger partial charge in [-0.2, -0.15) is 5.10 Å². The third kappa shape index (κ3) is 3.31. The van der Waals surface area contributed by atoms with Gasteiger partial charge in [0.05, 0.1) is 12.7 Å². The Hall–Kier alpha value is -2.27. The van der Waals surface area contributed by atoms with Gasteiger partial charge in [-0.15, -0.1) is 0 Å². The fraction of sp³-hybridized carbons (Fsp3) is 0.421. The summed E-state index contributed by atoms with van der Waals surface area (Å²) in [5, 5.41) is 5.53. The van der Waals surface area contributed by atoms with Crippen LogP contribution in [0, 0.1) is 6.92 Å². The lowest BCUT2D eigenvalue weighted by atomic mass is 10.1. The molecule has 1 aromatic carbocycles. The molecule has 0 saturated carbocycles. The molecule has 126 valence electrons. The highest BCUT2D eigenvalue weighted by Crippen LogP contribution is 2.27. The largest absolute Gasteiger partial charge is 0.490 e. The highest BCUT2D eigenvalue weighted by molar-refractivity contribution is 5.85. The van der Waals surface area contributed by atoms with E-state index in [1.165, 1.54) is 10.9 Å². The summed E-state index contributed by atoms with van der Waals surface area (Å²) in [5.74, 6) is 0.999. The Labute approximate surface area is 142 Å². The zero-order chi connectivity index (χ0) is 16.4. The maximum Gasteiger partial charge on any atom is 0.129 e. The van der Waals surface area contributed by atoms with E-state index in [9.17, 15) is 0 Å². The number of aryl methyl sites for hydroxylation is 1. The first-order valence-electron chi connectivity index (χ1n) is 8.72. The fourth-order valence-corrected chi connectivity index (χ4v) is 3.42. The van der Waals surface area contributed by atoms with Crippen LogP contribution in [0.3, 0.4) is 0 Å². The van der Waals surface area contributed by atoms with Crippen LogP contribution in [-0.2, 0) is 6.54 Å². The monoisotopic (exact) mass is 324 g/mol. The van der Waals surface area contributed by atoms with Crippen LogP contribution in [0.2, 0.25) is 0 Å². The lowest BCUT2D eigenvalue weighted by Crippen LogP contribution is -2.39. The van der Waals surface area contributed by atoms with Crippen LogP contribution in [0.1, 0.15) is 18.4 Å². The van der Waals surface area contributed by atoms with E-state index in [-0.39, 0.29) is 0 Å². The lowest BCUT2D eigenvalue weighted by molar-refractivity contribution is 0.0992. The quantitative estimate of drug-likeness (QED) is 0.784. The van der Waals surface area contributed by atoms with Crippen molar-refractivity contribution in [3.8, 4) is 5.75 Å². The Bertz CT molecular complexity index is 798. The normalized spacial score (nSPS) is 16.7. The molecule has 0 aliphatic carbocycles. The minimum atomic E-state index is 0.314. The molecule has 0 unspecified atom stereocenters. The predicted molar refractivity (Wildman–Crippen MR) is 95.4 cm³/mol. The average Bonchev–Trinajstić information content (AvgIpc) is 3.23. The number of likely N-dealkylation sites (tertiary alicyclic amines) is 1. The molecular weight excluding hydrogens is 300 g/mol. The molecule has 0 atom stereocenters. The summed E-state index contributed by atoms with van der Waals surface area (Å²) < 4.78 is 8.31. The molecular formula is C19H24N4O. The van der Waals surface area contributed by atoms with Gasteiger partial charge in [0.1, 0.15) is 11.9 Å². The first-order chi connectivity index (χ1) is 11.8. The van der Waals surface area contributed by atoms with Crippen LogP contribution in [-0.4, -0.2) is 45.4 Å². The van der Waals surface area contributed by atoms with E-state index in [0.717, 1.165) is 50.3 Å². The van der Waals surface area contributed by atoms with Gasteiger partial charge in [0.2, 0.25) is 0 Å². The molecule has 1 aliphatic heterocycles. The molecule has 0 amide bonds. The van der Waals surface area contributed by atoms with E-state index in [2.05, 4.69) is 52.4 Å². The molecule has 5 nitrogen and oxygen atoms in total. The third-order valence-electron chi connectivity index (χ3n) is 4.79. The third-order valence-corrected chi connectivity index (χ3v) is 4.79. The molecule has 1 N–H and O–H groups in total. The van der Waals surface area contributed by atoms with E-state index in [1.807, 2.05) is 17.1 Å². The number of nitrogens with one attached hydrogen (secondary N) is 1. The van der Waals surface area contributed by atoms with Gasteiger partial charge in [-0.1, -0.05) is 6.07 Å². The number of piperidine rings is 1. The molecule has 5 heteroatoms. The molecule has 1 aliphatic rings. The molecule has 3 aromatic rings. The number of aromatic amines is 1. The molecule has 4 rings (SSSR count). The van der Waals surface area contributed by atoms with Crippen molar-refractivity contribution in [2.75, 3.05) is 19.6 Å². The van der Waals surface area contributed by atoms with Gasteiger partial charge in [-0.3, -0.25) is 4.68 Å². The van der Waals surface area contributed by atoms with Crippen molar-refractivity contribution in [1.29, 1.82) is 0 Å². The topological polar surface area (TPSA) is 46.1 Å². The van der Waals surface area contributed by atoms with E-state index in [4.69, 9.17) is 4.74 Å². The lowest BCUT2D eigenvalue weighted by Gasteiger charge is -2.32. The Morgan fingerprint density at radius 2 is 2.08 bits per heavy atom. The summed E-state index contributed by atoms with van der Waals surface area (Å²) in [6, 6.07) is 8.30. The number of H-pyrrole nitrogens is 1. The van der Waals surface area contributed by atoms with E-state index >= 15 is 0 Å². The summed E-state index contributed by atoms with van der Waals surface area (Å²) in [6.45, 7) is 6.28. The van der Waals surface area contributed by atoms with Crippen LogP contribution in [0.25, 0.3) is 10.9 Å². The Morgan fingerprint density at radius 1 is 1.21 bits per heavy atom. The minimum Gasteiger partial charge on any atom is -0.490 e. The van der Waals surface area contributed by atoms with Gasteiger partial charge >= 0.3 is 0 Å². The zero-order valence-corrected chi connectivity index (χ0v) is 14.1. The highest BCUT2D eigenvalue weighted by Gasteiger charge is 2.21. The number of ether oxygens (including phenoxy) is 1. The molecule has 3 heterocycles. The summed E-state index contributed by atoms with van der Waals surface area (Å²) in [4.78, 5) is 5.75. The predicted octanol–water partition coefficient (Wildman–Crippen LogP) is 3.22. The molecule has 1 saturated heterocycles. The van der Waals surface area contributed by atoms with Crippen molar-refractivity contribution in [3.05, 3.63) is 48.4 Å². The first-order valence-corrected chi connectivity index (χ1v) is 8.72. The van der Waals surface area contributed by atoms with E-state index < -0.39 is 0 Å². The molecule has 1 fully saturated rings. The fourth-order valence-electron chi connectivity index (χ4n) is 3.42. The number of aromatic nitrogens is 3. The SMILES string of the molecule is Cc1cnn(CCN2CCC(Oc3cccc4[nH]ccc34)CC2)c1. The maximum atomic E-state index is 6.28. The van der Waals surface area contributed by atoms with Crippen molar-refractivity contribution >= 4 is 10.9 Å². The number of benzene rings is 1. The zero-order valence-electron chi connectivity index (χ0n) is 14.1. The van der Waals surface area contributed by atoms with Crippen molar-refractivity contribution in [2.45, 2.75) is 32.4 Å². The average molecular weight is 324 g/mol. The highest BCUT2D eigenvalue weighted by atomic mass is 16.5. The molecule has 24 heavy (non-hydrogen) atoms. The second kappa shape index (κ2) is 6.69. The molecule has 2 aromatic heterocycles. The Kier molecular flexibility index (Phi) is 4.26. The van der Waals surface area contributed by atoms with Crippen molar-refractivity contribution in [3.63, 3.8) is 0 Å².